The molecule has 1 saturated heterocycles. The zero-order valence-electron chi connectivity index (χ0n) is 16.5. The number of benzene rings is 2. The van der Waals surface area contributed by atoms with E-state index in [-0.39, 0.29) is 17.2 Å². The van der Waals surface area contributed by atoms with E-state index < -0.39 is 23.7 Å². The first-order chi connectivity index (χ1) is 14.9. The Labute approximate surface area is 182 Å². The summed E-state index contributed by atoms with van der Waals surface area (Å²) in [6.45, 7) is 1.61. The first-order valence-electron chi connectivity index (χ1n) is 9.27. The van der Waals surface area contributed by atoms with Crippen molar-refractivity contribution >= 4 is 35.0 Å². The van der Waals surface area contributed by atoms with Crippen molar-refractivity contribution in [1.82, 2.24) is 4.90 Å². The lowest BCUT2D eigenvalue weighted by Crippen LogP contribution is -2.27. The van der Waals surface area contributed by atoms with Gasteiger partial charge in [0.15, 0.2) is 18.1 Å². The molecule has 0 radical (unpaired) electrons. The normalized spacial score (nSPS) is 14.6. The minimum atomic E-state index is -1.11. The number of carbonyl (C=O) groups is 3. The lowest BCUT2D eigenvalue weighted by Gasteiger charge is -2.13. The van der Waals surface area contributed by atoms with Crippen molar-refractivity contribution in [2.24, 2.45) is 0 Å². The third-order valence-electron chi connectivity index (χ3n) is 4.26. The Morgan fingerprint density at radius 1 is 1.19 bits per heavy atom. The maximum atomic E-state index is 12.8. The maximum Gasteiger partial charge on any atom is 0.341 e. The third kappa shape index (κ3) is 5.24. The number of thioether (sulfide) groups is 1. The van der Waals surface area contributed by atoms with E-state index in [0.29, 0.717) is 29.0 Å². The van der Waals surface area contributed by atoms with Gasteiger partial charge in [0.05, 0.1) is 29.7 Å². The lowest BCUT2D eigenvalue weighted by molar-refractivity contribution is -0.139. The van der Waals surface area contributed by atoms with E-state index in [1.807, 2.05) is 0 Å². The summed E-state index contributed by atoms with van der Waals surface area (Å²) in [4.78, 5) is 37.3. The van der Waals surface area contributed by atoms with E-state index in [9.17, 15) is 19.6 Å². The van der Waals surface area contributed by atoms with E-state index >= 15 is 0 Å². The van der Waals surface area contributed by atoms with E-state index in [4.69, 9.17) is 14.6 Å². The number of carboxylic acid groups (broad SMARTS) is 1. The van der Waals surface area contributed by atoms with Crippen LogP contribution in [0.1, 0.15) is 23.6 Å². The van der Waals surface area contributed by atoms with Crippen LogP contribution in [0.25, 0.3) is 6.08 Å². The van der Waals surface area contributed by atoms with Crippen LogP contribution >= 0.6 is 11.8 Å². The molecule has 0 unspecified atom stereocenters. The molecule has 2 amide bonds. The fraction of sp³-hybridized carbons (Fsp3) is 0.182. The number of nitrogens with zero attached hydrogens (tertiary/aromatic N) is 2. The number of hydrogen-bond acceptors (Lipinski definition) is 7. The molecule has 1 heterocycles. The fourth-order valence-electron chi connectivity index (χ4n) is 2.87. The number of imide groups is 1. The Morgan fingerprint density at radius 2 is 1.97 bits per heavy atom. The summed E-state index contributed by atoms with van der Waals surface area (Å²) >= 11 is 0.813. The summed E-state index contributed by atoms with van der Waals surface area (Å²) in [7, 11) is 0. The SMILES string of the molecule is CCOc1cc(/C=C2/SC(=O)N(Cc3ccccc3C#N)C2=O)ccc1OCC(=O)O. The van der Waals surface area contributed by atoms with Gasteiger partial charge in [-0.2, -0.15) is 5.26 Å². The molecule has 9 heteroatoms. The number of amides is 2. The maximum absolute atomic E-state index is 12.8. The quantitative estimate of drug-likeness (QED) is 0.621. The van der Waals surface area contributed by atoms with Crippen molar-refractivity contribution < 1.29 is 29.0 Å². The first kappa shape index (κ1) is 21.9. The first-order valence-corrected chi connectivity index (χ1v) is 10.1. The highest BCUT2D eigenvalue weighted by Crippen LogP contribution is 2.35. The van der Waals surface area contributed by atoms with Gasteiger partial charge in [-0.3, -0.25) is 14.5 Å². The molecule has 0 aromatic heterocycles. The molecule has 0 bridgehead atoms. The van der Waals surface area contributed by atoms with Gasteiger partial charge in [-0.15, -0.1) is 0 Å². The summed E-state index contributed by atoms with van der Waals surface area (Å²) in [5.74, 6) is -0.965. The Balaban J connectivity index is 1.82. The van der Waals surface area contributed by atoms with Crippen molar-refractivity contribution in [1.29, 1.82) is 5.26 Å². The number of ether oxygens (including phenoxy) is 2. The van der Waals surface area contributed by atoms with Crippen LogP contribution in [0.5, 0.6) is 11.5 Å². The molecule has 2 aromatic rings. The van der Waals surface area contributed by atoms with Gasteiger partial charge in [0, 0.05) is 0 Å². The van der Waals surface area contributed by atoms with Crippen molar-refractivity contribution in [3.8, 4) is 17.6 Å². The van der Waals surface area contributed by atoms with Gasteiger partial charge in [0.2, 0.25) is 0 Å². The van der Waals surface area contributed by atoms with Crippen molar-refractivity contribution in [2.45, 2.75) is 13.5 Å². The van der Waals surface area contributed by atoms with Gasteiger partial charge in [-0.05, 0) is 54.1 Å². The predicted octanol–water partition coefficient (Wildman–Crippen LogP) is 3.66. The number of carbonyl (C=O) groups excluding carboxylic acids is 2. The second-order valence-electron chi connectivity index (χ2n) is 6.36. The Kier molecular flexibility index (Phi) is 6.95. The summed E-state index contributed by atoms with van der Waals surface area (Å²) in [5.41, 5.74) is 1.59. The van der Waals surface area contributed by atoms with Gasteiger partial charge in [-0.25, -0.2) is 4.79 Å². The summed E-state index contributed by atoms with van der Waals surface area (Å²) in [6.07, 6.45) is 1.56. The van der Waals surface area contributed by atoms with E-state index in [1.165, 1.54) is 0 Å². The molecule has 1 aliphatic heterocycles. The Hall–Kier alpha value is -3.77. The van der Waals surface area contributed by atoms with Gasteiger partial charge in [0.25, 0.3) is 11.1 Å². The van der Waals surface area contributed by atoms with Crippen molar-refractivity contribution in [3.63, 3.8) is 0 Å². The molecule has 0 atom stereocenters. The number of hydrogen-bond donors (Lipinski definition) is 1. The van der Waals surface area contributed by atoms with Crippen LogP contribution in [0.15, 0.2) is 47.4 Å². The molecule has 0 spiro atoms. The predicted molar refractivity (Wildman–Crippen MR) is 113 cm³/mol. The van der Waals surface area contributed by atoms with Gasteiger partial charge >= 0.3 is 5.97 Å². The molecule has 31 heavy (non-hydrogen) atoms. The molecule has 8 nitrogen and oxygen atoms in total. The number of nitriles is 1. The van der Waals surface area contributed by atoms with Crippen LogP contribution in [0.4, 0.5) is 4.79 Å². The van der Waals surface area contributed by atoms with Crippen molar-refractivity contribution in [2.75, 3.05) is 13.2 Å². The molecule has 3 rings (SSSR count). The van der Waals surface area contributed by atoms with Crippen LogP contribution in [-0.2, 0) is 16.1 Å². The van der Waals surface area contributed by atoms with Gasteiger partial charge in [0.1, 0.15) is 0 Å². The Morgan fingerprint density at radius 3 is 2.68 bits per heavy atom. The molecule has 0 aliphatic carbocycles. The molecule has 1 N–H and O–H groups in total. The highest BCUT2D eigenvalue weighted by Gasteiger charge is 2.35. The van der Waals surface area contributed by atoms with Crippen LogP contribution in [0.3, 0.4) is 0 Å². The van der Waals surface area contributed by atoms with Crippen LogP contribution in [-0.4, -0.2) is 40.3 Å². The second kappa shape index (κ2) is 9.82. The molecular formula is C22H18N2O6S. The van der Waals surface area contributed by atoms with Crippen molar-refractivity contribution in [3.05, 3.63) is 64.1 Å². The van der Waals surface area contributed by atoms with Crippen LogP contribution < -0.4 is 9.47 Å². The monoisotopic (exact) mass is 438 g/mol. The average molecular weight is 438 g/mol. The minimum Gasteiger partial charge on any atom is -0.490 e. The number of carboxylic acids is 1. The van der Waals surface area contributed by atoms with Crippen LogP contribution in [0, 0.1) is 11.3 Å². The largest absolute Gasteiger partial charge is 0.490 e. The smallest absolute Gasteiger partial charge is 0.341 e. The Bertz CT molecular complexity index is 1110. The van der Waals surface area contributed by atoms with Gasteiger partial charge in [-0.1, -0.05) is 24.3 Å². The van der Waals surface area contributed by atoms with E-state index in [0.717, 1.165) is 16.7 Å². The summed E-state index contributed by atoms with van der Waals surface area (Å²) in [5, 5.41) is 17.6. The number of rotatable bonds is 8. The summed E-state index contributed by atoms with van der Waals surface area (Å²) in [6, 6.07) is 13.7. The molecule has 2 aromatic carbocycles. The average Bonchev–Trinajstić information content (AvgIpc) is 3.01. The van der Waals surface area contributed by atoms with E-state index in [1.54, 1.807) is 55.5 Å². The van der Waals surface area contributed by atoms with E-state index in [2.05, 4.69) is 6.07 Å². The summed E-state index contributed by atoms with van der Waals surface area (Å²) < 4.78 is 10.7. The number of aliphatic carboxylic acids is 1. The second-order valence-corrected chi connectivity index (χ2v) is 7.35. The lowest BCUT2D eigenvalue weighted by atomic mass is 10.1. The highest BCUT2D eigenvalue weighted by molar-refractivity contribution is 8.18. The zero-order valence-corrected chi connectivity index (χ0v) is 17.3. The fourth-order valence-corrected chi connectivity index (χ4v) is 3.71. The zero-order chi connectivity index (χ0) is 22.4. The third-order valence-corrected chi connectivity index (χ3v) is 5.16. The van der Waals surface area contributed by atoms with Crippen LogP contribution in [0.2, 0.25) is 0 Å². The topological polar surface area (TPSA) is 117 Å². The van der Waals surface area contributed by atoms with Gasteiger partial charge < -0.3 is 14.6 Å². The minimum absolute atomic E-state index is 0.0118. The standard InChI is InChI=1S/C22H18N2O6S/c1-2-29-18-9-14(7-8-17(18)30-13-20(25)26)10-19-21(27)24(22(28)31-19)12-16-6-4-3-5-15(16)11-23/h3-10H,2,12-13H2,1H3,(H,25,26)/b19-10+. The molecule has 1 aliphatic rings. The molecule has 0 saturated carbocycles. The highest BCUT2D eigenvalue weighted by atomic mass is 32.2. The molecule has 158 valence electrons. The molecular weight excluding hydrogens is 420 g/mol. The molecule has 1 fully saturated rings.